The van der Waals surface area contributed by atoms with Crippen molar-refractivity contribution in [3.05, 3.63) is 75.9 Å². The van der Waals surface area contributed by atoms with Crippen molar-refractivity contribution in [3.8, 4) is 0 Å². The zero-order chi connectivity index (χ0) is 14.4. The largest absolute Gasteiger partial charge is 0.465 e. The molecular weight excluding hydrogens is 316 g/mol. The van der Waals surface area contributed by atoms with Crippen molar-refractivity contribution in [1.82, 2.24) is 0 Å². The first-order valence-corrected chi connectivity index (χ1v) is 6.86. The lowest BCUT2D eigenvalue weighted by Crippen LogP contribution is -2.02. The van der Waals surface area contributed by atoms with Crippen LogP contribution in [0.2, 0.25) is 0 Å². The van der Waals surface area contributed by atoms with Gasteiger partial charge in [0.25, 0.3) is 0 Å². The van der Waals surface area contributed by atoms with Crippen molar-refractivity contribution in [2.45, 2.75) is 0 Å². The summed E-state index contributed by atoms with van der Waals surface area (Å²) in [5.41, 5.74) is 5.17. The second-order valence-electron chi connectivity index (χ2n) is 4.04. The quantitative estimate of drug-likeness (QED) is 0.476. The van der Waals surface area contributed by atoms with E-state index < -0.39 is 5.97 Å². The van der Waals surface area contributed by atoms with Gasteiger partial charge in [0.15, 0.2) is 0 Å². The Morgan fingerprint density at radius 2 is 1.75 bits per heavy atom. The number of methoxy groups -OCH3 is 1. The van der Waals surface area contributed by atoms with Crippen LogP contribution < -0.4 is 0 Å². The zero-order valence-corrected chi connectivity index (χ0v) is 12.6. The lowest BCUT2D eigenvalue weighted by molar-refractivity contribution is -0.133. The summed E-state index contributed by atoms with van der Waals surface area (Å²) in [6.45, 7) is 0. The van der Waals surface area contributed by atoms with Crippen LogP contribution in [0.4, 0.5) is 0 Å². The van der Waals surface area contributed by atoms with Gasteiger partial charge >= 0.3 is 5.97 Å². The van der Waals surface area contributed by atoms with Gasteiger partial charge in [0.1, 0.15) is 5.57 Å². The predicted molar refractivity (Wildman–Crippen MR) is 84.0 cm³/mol. The summed E-state index contributed by atoms with van der Waals surface area (Å²) >= 11 is 3.46. The molecule has 3 heteroatoms. The molecule has 0 saturated carbocycles. The minimum absolute atomic E-state index is 0.403. The molecule has 0 atom stereocenters. The lowest BCUT2D eigenvalue weighted by atomic mass is 10.1. The van der Waals surface area contributed by atoms with Gasteiger partial charge in [-0.05, 0) is 23.3 Å². The Morgan fingerprint density at radius 1 is 1.10 bits per heavy atom. The second kappa shape index (κ2) is 6.90. The molecular formula is C17H13BrO2. The van der Waals surface area contributed by atoms with Gasteiger partial charge in [0.2, 0.25) is 0 Å². The van der Waals surface area contributed by atoms with Gasteiger partial charge < -0.3 is 4.74 Å². The van der Waals surface area contributed by atoms with Gasteiger partial charge in [-0.15, -0.1) is 5.73 Å². The monoisotopic (exact) mass is 328 g/mol. The molecule has 0 saturated heterocycles. The van der Waals surface area contributed by atoms with Crippen LogP contribution in [0.3, 0.4) is 0 Å². The molecule has 0 aliphatic heterocycles. The minimum atomic E-state index is -0.403. The summed E-state index contributed by atoms with van der Waals surface area (Å²) in [5, 5.41) is 0. The van der Waals surface area contributed by atoms with Crippen molar-refractivity contribution in [1.29, 1.82) is 0 Å². The molecule has 0 heterocycles. The summed E-state index contributed by atoms with van der Waals surface area (Å²) in [7, 11) is 1.37. The number of carbonyl (C=O) groups is 1. The molecule has 0 bridgehead atoms. The van der Waals surface area contributed by atoms with Crippen molar-refractivity contribution < 1.29 is 9.53 Å². The summed E-state index contributed by atoms with van der Waals surface area (Å²) in [6, 6.07) is 17.1. The van der Waals surface area contributed by atoms with E-state index in [-0.39, 0.29) is 0 Å². The van der Waals surface area contributed by atoms with Crippen LogP contribution in [0.5, 0.6) is 0 Å². The Kier molecular flexibility index (Phi) is 4.94. The number of hydrogen-bond acceptors (Lipinski definition) is 2. The first kappa shape index (κ1) is 14.3. The van der Waals surface area contributed by atoms with E-state index >= 15 is 0 Å². The molecule has 0 aromatic heterocycles. The molecule has 0 N–H and O–H groups in total. The number of hydrogen-bond donors (Lipinski definition) is 0. The SMILES string of the molecule is COC(=O)C(=C=Cc1ccccc1Br)c1ccccc1. The van der Waals surface area contributed by atoms with Crippen LogP contribution in [-0.4, -0.2) is 13.1 Å². The lowest BCUT2D eigenvalue weighted by Gasteiger charge is -2.02. The summed E-state index contributed by atoms with van der Waals surface area (Å²) in [5.74, 6) is -0.403. The maximum absolute atomic E-state index is 11.9. The third-order valence-corrected chi connectivity index (χ3v) is 3.45. The highest BCUT2D eigenvalue weighted by Crippen LogP contribution is 2.19. The van der Waals surface area contributed by atoms with E-state index in [4.69, 9.17) is 4.74 Å². The Morgan fingerprint density at radius 3 is 2.40 bits per heavy atom. The van der Waals surface area contributed by atoms with E-state index in [1.165, 1.54) is 7.11 Å². The predicted octanol–water partition coefficient (Wildman–Crippen LogP) is 4.32. The average molecular weight is 329 g/mol. The molecule has 100 valence electrons. The maximum Gasteiger partial charge on any atom is 0.346 e. The molecule has 20 heavy (non-hydrogen) atoms. The molecule has 0 unspecified atom stereocenters. The number of ether oxygens (including phenoxy) is 1. The van der Waals surface area contributed by atoms with Crippen molar-refractivity contribution in [3.63, 3.8) is 0 Å². The number of esters is 1. The maximum atomic E-state index is 11.9. The van der Waals surface area contributed by atoms with Crippen LogP contribution in [0.1, 0.15) is 11.1 Å². The second-order valence-corrected chi connectivity index (χ2v) is 4.90. The fourth-order valence-electron chi connectivity index (χ4n) is 1.71. The topological polar surface area (TPSA) is 26.3 Å². The summed E-state index contributed by atoms with van der Waals surface area (Å²) in [4.78, 5) is 11.9. The highest BCUT2D eigenvalue weighted by atomic mass is 79.9. The number of carbonyl (C=O) groups excluding carboxylic acids is 1. The van der Waals surface area contributed by atoms with E-state index in [0.717, 1.165) is 15.6 Å². The Labute approximate surface area is 126 Å². The van der Waals surface area contributed by atoms with Crippen molar-refractivity contribution in [2.24, 2.45) is 0 Å². The molecule has 2 nitrogen and oxygen atoms in total. The van der Waals surface area contributed by atoms with Crippen LogP contribution in [0.15, 0.2) is 64.8 Å². The average Bonchev–Trinajstić information content (AvgIpc) is 2.50. The van der Waals surface area contributed by atoms with Gasteiger partial charge in [-0.3, -0.25) is 0 Å². The van der Waals surface area contributed by atoms with E-state index in [1.54, 1.807) is 6.08 Å². The van der Waals surface area contributed by atoms with Gasteiger partial charge in [-0.1, -0.05) is 64.5 Å². The van der Waals surface area contributed by atoms with E-state index in [1.807, 2.05) is 54.6 Å². The van der Waals surface area contributed by atoms with Gasteiger partial charge in [-0.25, -0.2) is 4.79 Å². The standard InChI is InChI=1S/C17H13BrO2/c1-20-17(19)15(13-7-3-2-4-8-13)12-11-14-9-5-6-10-16(14)18/h2-11H,1H3. The Bertz CT molecular complexity index is 668. The fourth-order valence-corrected chi connectivity index (χ4v) is 2.11. The van der Waals surface area contributed by atoms with Crippen LogP contribution in [-0.2, 0) is 9.53 Å². The molecule has 0 fully saturated rings. The van der Waals surface area contributed by atoms with Gasteiger partial charge in [0, 0.05) is 4.47 Å². The highest BCUT2D eigenvalue weighted by molar-refractivity contribution is 9.10. The van der Waals surface area contributed by atoms with E-state index in [9.17, 15) is 4.79 Å². The minimum Gasteiger partial charge on any atom is -0.465 e. The van der Waals surface area contributed by atoms with Gasteiger partial charge in [0.05, 0.1) is 7.11 Å². The highest BCUT2D eigenvalue weighted by Gasteiger charge is 2.10. The Hall–Kier alpha value is -2.09. The number of rotatable bonds is 3. The number of benzene rings is 2. The van der Waals surface area contributed by atoms with Crippen LogP contribution in [0, 0.1) is 0 Å². The number of halogens is 1. The molecule has 2 aromatic carbocycles. The van der Waals surface area contributed by atoms with Gasteiger partial charge in [-0.2, -0.15) is 0 Å². The molecule has 0 amide bonds. The normalized spacial score (nSPS) is 9.50. The summed E-state index contributed by atoms with van der Waals surface area (Å²) < 4.78 is 5.76. The molecule has 0 aliphatic rings. The fraction of sp³-hybridized carbons (Fsp3) is 0.0588. The third kappa shape index (κ3) is 3.47. The zero-order valence-electron chi connectivity index (χ0n) is 11.0. The first-order valence-electron chi connectivity index (χ1n) is 6.07. The molecule has 2 rings (SSSR count). The third-order valence-electron chi connectivity index (χ3n) is 2.73. The van der Waals surface area contributed by atoms with Crippen LogP contribution >= 0.6 is 15.9 Å². The molecule has 0 aliphatic carbocycles. The van der Waals surface area contributed by atoms with E-state index in [2.05, 4.69) is 21.7 Å². The Balaban J connectivity index is 2.50. The summed E-state index contributed by atoms with van der Waals surface area (Å²) in [6.07, 6.45) is 1.77. The smallest absolute Gasteiger partial charge is 0.346 e. The molecule has 2 aromatic rings. The molecule has 0 radical (unpaired) electrons. The first-order chi connectivity index (χ1) is 9.72. The van der Waals surface area contributed by atoms with Crippen molar-refractivity contribution >= 4 is 33.5 Å². The molecule has 0 spiro atoms. The van der Waals surface area contributed by atoms with Crippen LogP contribution in [0.25, 0.3) is 11.6 Å². The van der Waals surface area contributed by atoms with E-state index in [0.29, 0.717) is 5.57 Å². The van der Waals surface area contributed by atoms with Crippen molar-refractivity contribution in [2.75, 3.05) is 7.11 Å².